The average Bonchev–Trinajstić information content (AvgIpc) is 3.12. The van der Waals surface area contributed by atoms with E-state index in [1.54, 1.807) is 10.9 Å². The molecule has 2 aromatic heterocycles. The average molecular weight is 265 g/mol. The van der Waals surface area contributed by atoms with E-state index in [1.807, 2.05) is 36.5 Å². The van der Waals surface area contributed by atoms with Crippen LogP contribution in [0.5, 0.6) is 0 Å². The number of hydrogen-bond donors (Lipinski definition) is 1. The highest BCUT2D eigenvalue weighted by atomic mass is 16.2. The third-order valence-corrected chi connectivity index (χ3v) is 4.17. The number of rotatable bonds is 1. The molecule has 1 aliphatic carbocycles. The van der Waals surface area contributed by atoms with Gasteiger partial charge >= 0.3 is 0 Å². The van der Waals surface area contributed by atoms with Gasteiger partial charge in [0.15, 0.2) is 0 Å². The van der Waals surface area contributed by atoms with Gasteiger partial charge in [0.1, 0.15) is 0 Å². The van der Waals surface area contributed by atoms with Gasteiger partial charge < -0.3 is 4.98 Å². The highest BCUT2D eigenvalue weighted by Crippen LogP contribution is 2.26. The van der Waals surface area contributed by atoms with Gasteiger partial charge in [-0.2, -0.15) is 0 Å². The van der Waals surface area contributed by atoms with Gasteiger partial charge in [-0.25, -0.2) is 4.98 Å². The number of carbonyl (C=O) groups is 1. The van der Waals surface area contributed by atoms with Crippen LogP contribution >= 0.6 is 0 Å². The summed E-state index contributed by atoms with van der Waals surface area (Å²) in [7, 11) is 0. The SMILES string of the molecule is O=C(C1CCc2nc[nH]c2C1)n1ccc2ccccc21. The predicted octanol–water partition coefficient (Wildman–Crippen LogP) is 2.81. The molecule has 20 heavy (non-hydrogen) atoms. The van der Waals surface area contributed by atoms with E-state index in [-0.39, 0.29) is 11.8 Å². The molecule has 0 amide bonds. The predicted molar refractivity (Wildman–Crippen MR) is 76.7 cm³/mol. The van der Waals surface area contributed by atoms with Crippen LogP contribution in [-0.2, 0) is 12.8 Å². The van der Waals surface area contributed by atoms with Crippen molar-refractivity contribution in [2.45, 2.75) is 19.3 Å². The Hall–Kier alpha value is -2.36. The number of para-hydroxylation sites is 1. The minimum absolute atomic E-state index is 0.0405. The van der Waals surface area contributed by atoms with Crippen molar-refractivity contribution in [2.75, 3.05) is 0 Å². The number of hydrogen-bond acceptors (Lipinski definition) is 2. The number of H-pyrrole nitrogens is 1. The zero-order chi connectivity index (χ0) is 13.5. The Labute approximate surface area is 116 Å². The zero-order valence-electron chi connectivity index (χ0n) is 11.0. The van der Waals surface area contributed by atoms with Crippen LogP contribution in [0, 0.1) is 5.92 Å². The number of imidazole rings is 1. The van der Waals surface area contributed by atoms with Crippen molar-refractivity contribution in [3.05, 3.63) is 54.2 Å². The van der Waals surface area contributed by atoms with Gasteiger partial charge in [0.05, 0.1) is 17.5 Å². The molecule has 4 nitrogen and oxygen atoms in total. The van der Waals surface area contributed by atoms with Crippen molar-refractivity contribution < 1.29 is 4.79 Å². The van der Waals surface area contributed by atoms with Crippen LogP contribution in [0.2, 0.25) is 0 Å². The van der Waals surface area contributed by atoms with Gasteiger partial charge in [-0.3, -0.25) is 9.36 Å². The summed E-state index contributed by atoms with van der Waals surface area (Å²) in [5.74, 6) is 0.227. The van der Waals surface area contributed by atoms with Gasteiger partial charge in [0.25, 0.3) is 0 Å². The molecule has 1 aromatic carbocycles. The number of nitrogens with one attached hydrogen (secondary N) is 1. The number of fused-ring (bicyclic) bond motifs is 2. The van der Waals surface area contributed by atoms with Crippen LogP contribution in [0.15, 0.2) is 42.9 Å². The Morgan fingerprint density at radius 1 is 1.30 bits per heavy atom. The molecular weight excluding hydrogens is 250 g/mol. The maximum atomic E-state index is 12.7. The van der Waals surface area contributed by atoms with Gasteiger partial charge in [-0.05, 0) is 25.0 Å². The Bertz CT molecular complexity index is 784. The fourth-order valence-electron chi connectivity index (χ4n) is 3.08. The molecule has 0 spiro atoms. The van der Waals surface area contributed by atoms with Crippen LogP contribution < -0.4 is 0 Å². The number of aryl methyl sites for hydroxylation is 1. The molecule has 0 aliphatic heterocycles. The molecule has 1 unspecified atom stereocenters. The summed E-state index contributed by atoms with van der Waals surface area (Å²) in [5.41, 5.74) is 3.23. The van der Waals surface area contributed by atoms with E-state index in [0.717, 1.165) is 41.6 Å². The summed E-state index contributed by atoms with van der Waals surface area (Å²) in [6.45, 7) is 0. The van der Waals surface area contributed by atoms with E-state index < -0.39 is 0 Å². The fraction of sp³-hybridized carbons (Fsp3) is 0.250. The molecule has 1 aliphatic rings. The number of benzene rings is 1. The lowest BCUT2D eigenvalue weighted by molar-refractivity contribution is 0.0826. The largest absolute Gasteiger partial charge is 0.348 e. The lowest BCUT2D eigenvalue weighted by Gasteiger charge is -2.20. The summed E-state index contributed by atoms with van der Waals surface area (Å²) < 4.78 is 1.79. The van der Waals surface area contributed by atoms with Gasteiger partial charge in [-0.1, -0.05) is 18.2 Å². The Balaban J connectivity index is 1.68. The first kappa shape index (κ1) is 11.5. The van der Waals surface area contributed by atoms with Crippen molar-refractivity contribution in [1.82, 2.24) is 14.5 Å². The second-order valence-electron chi connectivity index (χ2n) is 5.35. The third kappa shape index (κ3) is 1.68. The number of nitrogens with zero attached hydrogens (tertiary/aromatic N) is 2. The zero-order valence-corrected chi connectivity index (χ0v) is 11.0. The molecule has 0 saturated carbocycles. The molecule has 0 radical (unpaired) electrons. The van der Waals surface area contributed by atoms with Crippen LogP contribution in [0.4, 0.5) is 0 Å². The number of carbonyl (C=O) groups excluding carboxylic acids is 1. The maximum Gasteiger partial charge on any atom is 0.234 e. The smallest absolute Gasteiger partial charge is 0.234 e. The van der Waals surface area contributed by atoms with Gasteiger partial charge in [0.2, 0.25) is 5.91 Å². The van der Waals surface area contributed by atoms with E-state index in [0.29, 0.717) is 0 Å². The lowest BCUT2D eigenvalue weighted by Crippen LogP contribution is -2.27. The Kier molecular flexibility index (Phi) is 2.49. The van der Waals surface area contributed by atoms with Crippen molar-refractivity contribution in [1.29, 1.82) is 0 Å². The summed E-state index contributed by atoms with van der Waals surface area (Å²) in [4.78, 5) is 20.2. The highest BCUT2D eigenvalue weighted by molar-refractivity contribution is 5.93. The Morgan fingerprint density at radius 2 is 2.20 bits per heavy atom. The van der Waals surface area contributed by atoms with Crippen molar-refractivity contribution in [2.24, 2.45) is 5.92 Å². The van der Waals surface area contributed by atoms with Gasteiger partial charge in [0, 0.05) is 29.6 Å². The first-order valence-electron chi connectivity index (χ1n) is 6.94. The standard InChI is InChI=1S/C16H15N3O/c20-16(12-5-6-13-14(9-12)18-10-17-13)19-8-7-11-3-1-2-4-15(11)19/h1-4,7-8,10,12H,5-6,9H2,(H,17,18). The molecule has 0 fully saturated rings. The second-order valence-corrected chi connectivity index (χ2v) is 5.35. The molecule has 0 bridgehead atoms. The molecule has 0 saturated heterocycles. The van der Waals surface area contributed by atoms with Crippen LogP contribution in [-0.4, -0.2) is 20.4 Å². The summed E-state index contributed by atoms with van der Waals surface area (Å²) in [6, 6.07) is 10.00. The topological polar surface area (TPSA) is 50.7 Å². The highest BCUT2D eigenvalue weighted by Gasteiger charge is 2.27. The third-order valence-electron chi connectivity index (χ3n) is 4.17. The molecule has 1 N–H and O–H groups in total. The van der Waals surface area contributed by atoms with E-state index in [4.69, 9.17) is 0 Å². The van der Waals surface area contributed by atoms with Crippen LogP contribution in [0.25, 0.3) is 10.9 Å². The molecule has 100 valence electrons. The summed E-state index contributed by atoms with van der Waals surface area (Å²) >= 11 is 0. The maximum absolute atomic E-state index is 12.7. The summed E-state index contributed by atoms with van der Waals surface area (Å²) in [6.07, 6.45) is 6.14. The second kappa shape index (κ2) is 4.34. The summed E-state index contributed by atoms with van der Waals surface area (Å²) in [5, 5.41) is 1.11. The fourth-order valence-corrected chi connectivity index (χ4v) is 3.08. The molecule has 4 rings (SSSR count). The van der Waals surface area contributed by atoms with E-state index in [2.05, 4.69) is 9.97 Å². The first-order chi connectivity index (χ1) is 9.83. The quantitative estimate of drug-likeness (QED) is 0.735. The van der Waals surface area contributed by atoms with E-state index in [1.165, 1.54) is 0 Å². The normalized spacial score (nSPS) is 18.1. The van der Waals surface area contributed by atoms with Crippen molar-refractivity contribution in [3.63, 3.8) is 0 Å². The molecule has 4 heteroatoms. The van der Waals surface area contributed by atoms with Crippen molar-refractivity contribution >= 4 is 16.8 Å². The number of aromatic nitrogens is 3. The number of aromatic amines is 1. The van der Waals surface area contributed by atoms with Gasteiger partial charge in [-0.15, -0.1) is 0 Å². The Morgan fingerprint density at radius 3 is 3.15 bits per heavy atom. The molecule has 3 aromatic rings. The molecule has 1 atom stereocenters. The first-order valence-corrected chi connectivity index (χ1v) is 6.94. The van der Waals surface area contributed by atoms with E-state index >= 15 is 0 Å². The molecule has 2 heterocycles. The minimum atomic E-state index is 0.0405. The van der Waals surface area contributed by atoms with Crippen LogP contribution in [0.1, 0.15) is 22.6 Å². The molecular formula is C16H15N3O. The minimum Gasteiger partial charge on any atom is -0.348 e. The van der Waals surface area contributed by atoms with E-state index in [9.17, 15) is 4.79 Å². The monoisotopic (exact) mass is 265 g/mol. The lowest BCUT2D eigenvalue weighted by atomic mass is 9.89. The van der Waals surface area contributed by atoms with Crippen molar-refractivity contribution in [3.8, 4) is 0 Å². The van der Waals surface area contributed by atoms with Crippen LogP contribution in [0.3, 0.4) is 0 Å².